The van der Waals surface area contributed by atoms with Crippen molar-refractivity contribution in [3.63, 3.8) is 0 Å². The van der Waals surface area contributed by atoms with E-state index in [2.05, 4.69) is 0 Å². The van der Waals surface area contributed by atoms with E-state index in [1.165, 1.54) is 6.08 Å². The maximum atomic E-state index is 12.6. The van der Waals surface area contributed by atoms with Gasteiger partial charge in [-0.25, -0.2) is 4.79 Å². The Bertz CT molecular complexity index is 1040. The highest BCUT2D eigenvalue weighted by Gasteiger charge is 2.23. The number of para-hydroxylation sites is 1. The van der Waals surface area contributed by atoms with Crippen LogP contribution in [0.1, 0.15) is 15.9 Å². The minimum Gasteiger partial charge on any atom is -0.496 e. The molecule has 0 saturated heterocycles. The van der Waals surface area contributed by atoms with Crippen molar-refractivity contribution in [2.75, 3.05) is 7.11 Å². The minimum absolute atomic E-state index is 0.0945. The predicted molar refractivity (Wildman–Crippen MR) is 87.8 cm³/mol. The third-order valence-corrected chi connectivity index (χ3v) is 4.01. The Morgan fingerprint density at radius 1 is 0.913 bits per heavy atom. The van der Waals surface area contributed by atoms with E-state index in [-0.39, 0.29) is 5.78 Å². The first-order valence-electron chi connectivity index (χ1n) is 7.16. The number of ether oxygens (including phenoxy) is 1. The number of benzene rings is 2. The quantitative estimate of drug-likeness (QED) is 0.678. The highest BCUT2D eigenvalue weighted by Crippen LogP contribution is 2.36. The number of methoxy groups -OCH3 is 1. The fourth-order valence-electron chi connectivity index (χ4n) is 3.01. The van der Waals surface area contributed by atoms with E-state index in [0.717, 1.165) is 0 Å². The molecular weight excluding hydrogens is 292 g/mol. The molecule has 1 aliphatic rings. The predicted octanol–water partition coefficient (Wildman–Crippen LogP) is 3.68. The van der Waals surface area contributed by atoms with Crippen molar-refractivity contribution in [1.82, 2.24) is 0 Å². The van der Waals surface area contributed by atoms with Gasteiger partial charge in [-0.2, -0.15) is 0 Å². The Kier molecular flexibility index (Phi) is 2.91. The zero-order valence-corrected chi connectivity index (χ0v) is 12.3. The zero-order chi connectivity index (χ0) is 16.0. The Balaban J connectivity index is 2.18. The summed E-state index contributed by atoms with van der Waals surface area (Å²) in [5.41, 5.74) is 2.25. The molecule has 0 aliphatic heterocycles. The summed E-state index contributed by atoms with van der Waals surface area (Å²) in [6.07, 6.45) is 3.16. The molecule has 1 aromatic heterocycles. The number of carbonyl (C=O) groups excluding carboxylic acids is 1. The van der Waals surface area contributed by atoms with Crippen molar-refractivity contribution >= 4 is 22.8 Å². The van der Waals surface area contributed by atoms with E-state index in [1.54, 1.807) is 43.5 Å². The molecule has 0 unspecified atom stereocenters. The highest BCUT2D eigenvalue weighted by molar-refractivity contribution is 6.20. The van der Waals surface area contributed by atoms with E-state index >= 15 is 0 Å². The lowest BCUT2D eigenvalue weighted by Gasteiger charge is -2.15. The third kappa shape index (κ3) is 1.92. The van der Waals surface area contributed by atoms with Crippen LogP contribution in [0.3, 0.4) is 0 Å². The number of hydrogen-bond acceptors (Lipinski definition) is 4. The van der Waals surface area contributed by atoms with Gasteiger partial charge in [0.25, 0.3) is 0 Å². The van der Waals surface area contributed by atoms with Gasteiger partial charge < -0.3 is 9.15 Å². The second kappa shape index (κ2) is 4.95. The van der Waals surface area contributed by atoms with Crippen LogP contribution >= 0.6 is 0 Å². The molecule has 1 aliphatic carbocycles. The lowest BCUT2D eigenvalue weighted by atomic mass is 9.90. The summed E-state index contributed by atoms with van der Waals surface area (Å²) in [4.78, 5) is 24.7. The average Bonchev–Trinajstić information content (AvgIpc) is 2.58. The normalized spacial score (nSPS) is 12.7. The molecule has 0 fully saturated rings. The van der Waals surface area contributed by atoms with Crippen LogP contribution in [0.25, 0.3) is 28.2 Å². The van der Waals surface area contributed by atoms with E-state index in [9.17, 15) is 9.59 Å². The second-order valence-electron chi connectivity index (χ2n) is 5.25. The van der Waals surface area contributed by atoms with Gasteiger partial charge in [-0.1, -0.05) is 30.3 Å². The van der Waals surface area contributed by atoms with Crippen LogP contribution in [0.2, 0.25) is 0 Å². The monoisotopic (exact) mass is 304 g/mol. The largest absolute Gasteiger partial charge is 0.496 e. The van der Waals surface area contributed by atoms with E-state index in [4.69, 9.17) is 9.15 Å². The van der Waals surface area contributed by atoms with Crippen LogP contribution in [0.5, 0.6) is 5.75 Å². The van der Waals surface area contributed by atoms with E-state index in [1.807, 2.05) is 12.1 Å². The van der Waals surface area contributed by atoms with Crippen LogP contribution < -0.4 is 10.4 Å². The maximum absolute atomic E-state index is 12.6. The fourth-order valence-corrected chi connectivity index (χ4v) is 3.01. The number of carbonyl (C=O) groups is 1. The van der Waals surface area contributed by atoms with Gasteiger partial charge in [0, 0.05) is 22.1 Å². The molecule has 0 bridgehead atoms. The van der Waals surface area contributed by atoms with Gasteiger partial charge in [-0.15, -0.1) is 0 Å². The van der Waals surface area contributed by atoms with Crippen LogP contribution in [-0.4, -0.2) is 12.9 Å². The fraction of sp³-hybridized carbons (Fsp3) is 0.0526. The number of rotatable bonds is 2. The number of allylic oxidation sites excluding steroid dienone is 1. The minimum atomic E-state index is -0.451. The molecule has 0 spiro atoms. The van der Waals surface area contributed by atoms with Gasteiger partial charge >= 0.3 is 5.63 Å². The molecule has 4 heteroatoms. The van der Waals surface area contributed by atoms with Crippen LogP contribution in [0.4, 0.5) is 0 Å². The van der Waals surface area contributed by atoms with Crippen molar-refractivity contribution in [1.29, 1.82) is 0 Å². The number of ketones is 1. The first-order chi connectivity index (χ1) is 11.2. The molecule has 0 saturated carbocycles. The standard InChI is InChI=1S/C19H12O4/c1-22-15-7-3-2-5-12(15)18-13-9-10-14(20)11-6-4-8-16(17(11)13)23-19(18)21/h2-10H,1H3. The summed E-state index contributed by atoms with van der Waals surface area (Å²) in [6.45, 7) is 0. The van der Waals surface area contributed by atoms with Crippen molar-refractivity contribution in [2.24, 2.45) is 0 Å². The van der Waals surface area contributed by atoms with Crippen LogP contribution in [0.15, 0.2) is 57.8 Å². The molecule has 0 atom stereocenters. The summed E-state index contributed by atoms with van der Waals surface area (Å²) < 4.78 is 10.8. The Morgan fingerprint density at radius 3 is 2.52 bits per heavy atom. The summed E-state index contributed by atoms with van der Waals surface area (Å²) in [7, 11) is 1.55. The summed E-state index contributed by atoms with van der Waals surface area (Å²) in [5, 5.41) is 0.667. The van der Waals surface area contributed by atoms with E-state index < -0.39 is 5.63 Å². The van der Waals surface area contributed by atoms with Gasteiger partial charge in [0.15, 0.2) is 5.78 Å². The van der Waals surface area contributed by atoms with Gasteiger partial charge in [-0.3, -0.25) is 4.79 Å². The molecule has 2 aromatic carbocycles. The zero-order valence-electron chi connectivity index (χ0n) is 12.3. The van der Waals surface area contributed by atoms with Gasteiger partial charge in [0.2, 0.25) is 0 Å². The first kappa shape index (κ1) is 13.5. The molecule has 0 amide bonds. The van der Waals surface area contributed by atoms with Crippen molar-refractivity contribution < 1.29 is 13.9 Å². The van der Waals surface area contributed by atoms with Crippen molar-refractivity contribution in [3.05, 3.63) is 70.1 Å². The Morgan fingerprint density at radius 2 is 1.70 bits per heavy atom. The van der Waals surface area contributed by atoms with Crippen LogP contribution in [0, 0.1) is 0 Å². The van der Waals surface area contributed by atoms with Gasteiger partial charge in [-0.05, 0) is 24.3 Å². The molecule has 4 nitrogen and oxygen atoms in total. The lowest BCUT2D eigenvalue weighted by Crippen LogP contribution is -2.11. The van der Waals surface area contributed by atoms with Gasteiger partial charge in [0.05, 0.1) is 12.7 Å². The molecule has 4 rings (SSSR count). The molecular formula is C19H12O4. The molecule has 112 valence electrons. The van der Waals surface area contributed by atoms with Crippen molar-refractivity contribution in [3.8, 4) is 16.9 Å². The summed E-state index contributed by atoms with van der Waals surface area (Å²) >= 11 is 0. The smallest absolute Gasteiger partial charge is 0.344 e. The highest BCUT2D eigenvalue weighted by atomic mass is 16.5. The lowest BCUT2D eigenvalue weighted by molar-refractivity contribution is 0.104. The molecule has 0 radical (unpaired) electrons. The Labute approximate surface area is 131 Å². The third-order valence-electron chi connectivity index (χ3n) is 4.01. The number of hydrogen-bond donors (Lipinski definition) is 0. The molecule has 23 heavy (non-hydrogen) atoms. The SMILES string of the molecule is COc1ccccc1-c1c2c3c(cccc3oc1=O)C(=O)C=C2. The summed E-state index contributed by atoms with van der Waals surface area (Å²) in [6, 6.07) is 12.4. The molecule has 1 heterocycles. The second-order valence-corrected chi connectivity index (χ2v) is 5.25. The Hall–Kier alpha value is -3.14. The van der Waals surface area contributed by atoms with Gasteiger partial charge in [0.1, 0.15) is 11.3 Å². The average molecular weight is 304 g/mol. The summed E-state index contributed by atoms with van der Waals surface area (Å²) in [5.74, 6) is 0.487. The van der Waals surface area contributed by atoms with Crippen LogP contribution in [-0.2, 0) is 0 Å². The first-order valence-corrected chi connectivity index (χ1v) is 7.16. The van der Waals surface area contributed by atoms with Crippen molar-refractivity contribution in [2.45, 2.75) is 0 Å². The maximum Gasteiger partial charge on any atom is 0.344 e. The molecule has 3 aromatic rings. The topological polar surface area (TPSA) is 56.5 Å². The van der Waals surface area contributed by atoms with E-state index in [0.29, 0.717) is 39.0 Å². The molecule has 0 N–H and O–H groups in total.